The molecule has 0 aliphatic carbocycles. The Morgan fingerprint density at radius 1 is 1.11 bits per heavy atom. The number of hydrogen-bond donors (Lipinski definition) is 1. The van der Waals surface area contributed by atoms with Crippen LogP contribution in [-0.4, -0.2) is 14.5 Å². The first kappa shape index (κ1) is 10.8. The largest absolute Gasteiger partial charge is 0.369 e. The second-order valence-corrected chi connectivity index (χ2v) is 4.22. The number of hydrogen-bond acceptors (Lipinski definition) is 3. The molecule has 0 spiro atoms. The summed E-state index contributed by atoms with van der Waals surface area (Å²) in [7, 11) is 0. The van der Waals surface area contributed by atoms with Crippen molar-refractivity contribution in [1.29, 1.82) is 0 Å². The summed E-state index contributed by atoms with van der Waals surface area (Å²) in [6, 6.07) is 12.3. The number of nitrogen functional groups attached to an aromatic ring is 1. The van der Waals surface area contributed by atoms with E-state index in [1.165, 1.54) is 5.56 Å². The monoisotopic (exact) mass is 238 g/mol. The molecule has 18 heavy (non-hydrogen) atoms. The first-order valence-corrected chi connectivity index (χ1v) is 5.94. The van der Waals surface area contributed by atoms with E-state index in [2.05, 4.69) is 34.2 Å². The minimum Gasteiger partial charge on any atom is -0.369 e. The van der Waals surface area contributed by atoms with Gasteiger partial charge >= 0.3 is 0 Å². The van der Waals surface area contributed by atoms with Gasteiger partial charge in [-0.2, -0.15) is 0 Å². The molecule has 2 heterocycles. The Kier molecular flexibility index (Phi) is 2.68. The molecule has 0 aliphatic rings. The molecular weight excluding hydrogens is 224 g/mol. The molecule has 3 rings (SSSR count). The molecule has 1 aromatic carbocycles. The number of nitrogens with two attached hydrogens (primary N) is 1. The molecule has 3 aromatic rings. The number of rotatable bonds is 3. The fourth-order valence-corrected chi connectivity index (χ4v) is 2.12. The van der Waals surface area contributed by atoms with Crippen molar-refractivity contribution < 1.29 is 0 Å². The minimum absolute atomic E-state index is 0.550. The van der Waals surface area contributed by atoms with Gasteiger partial charge in [-0.05, 0) is 18.1 Å². The smallest absolute Gasteiger partial charge is 0.201 e. The Bertz CT molecular complexity index is 658. The first-order valence-electron chi connectivity index (χ1n) is 5.94. The van der Waals surface area contributed by atoms with Gasteiger partial charge in [0, 0.05) is 12.7 Å². The number of pyridine rings is 1. The molecule has 0 radical (unpaired) electrons. The number of anilines is 1. The van der Waals surface area contributed by atoms with Crippen LogP contribution in [0.15, 0.2) is 48.8 Å². The van der Waals surface area contributed by atoms with E-state index in [0.717, 1.165) is 24.0 Å². The first-order chi connectivity index (χ1) is 8.84. The SMILES string of the molecule is Nc1nc2cnccc2n1CCc1ccccc1. The highest BCUT2D eigenvalue weighted by atomic mass is 15.2. The van der Waals surface area contributed by atoms with E-state index in [0.29, 0.717) is 5.95 Å². The van der Waals surface area contributed by atoms with Gasteiger partial charge in [-0.15, -0.1) is 0 Å². The summed E-state index contributed by atoms with van der Waals surface area (Å²) in [6.07, 6.45) is 4.45. The van der Waals surface area contributed by atoms with Crippen LogP contribution in [0.4, 0.5) is 5.95 Å². The molecule has 90 valence electrons. The van der Waals surface area contributed by atoms with Gasteiger partial charge in [0.25, 0.3) is 0 Å². The quantitative estimate of drug-likeness (QED) is 0.761. The molecule has 0 saturated heterocycles. The third-order valence-electron chi connectivity index (χ3n) is 3.05. The molecule has 4 heteroatoms. The van der Waals surface area contributed by atoms with Crippen molar-refractivity contribution in [2.45, 2.75) is 13.0 Å². The maximum absolute atomic E-state index is 5.94. The summed E-state index contributed by atoms with van der Waals surface area (Å²) in [6.45, 7) is 0.830. The lowest BCUT2D eigenvalue weighted by molar-refractivity contribution is 0.726. The molecule has 0 amide bonds. The molecule has 0 bridgehead atoms. The summed E-state index contributed by atoms with van der Waals surface area (Å²) >= 11 is 0. The van der Waals surface area contributed by atoms with Gasteiger partial charge in [-0.1, -0.05) is 30.3 Å². The number of nitrogens with zero attached hydrogens (tertiary/aromatic N) is 3. The summed E-state index contributed by atoms with van der Waals surface area (Å²) < 4.78 is 2.03. The van der Waals surface area contributed by atoms with Crippen LogP contribution < -0.4 is 5.73 Å². The maximum atomic E-state index is 5.94. The zero-order valence-corrected chi connectivity index (χ0v) is 9.95. The lowest BCUT2D eigenvalue weighted by atomic mass is 10.1. The van der Waals surface area contributed by atoms with Crippen molar-refractivity contribution >= 4 is 17.0 Å². The summed E-state index contributed by atoms with van der Waals surface area (Å²) in [5.74, 6) is 0.550. The second-order valence-electron chi connectivity index (χ2n) is 4.22. The van der Waals surface area contributed by atoms with Gasteiger partial charge in [0.2, 0.25) is 5.95 Å². The summed E-state index contributed by atoms with van der Waals surface area (Å²) in [4.78, 5) is 8.36. The highest BCUT2D eigenvalue weighted by molar-refractivity contribution is 5.77. The highest BCUT2D eigenvalue weighted by Crippen LogP contribution is 2.17. The van der Waals surface area contributed by atoms with Gasteiger partial charge in [-0.3, -0.25) is 4.98 Å². The van der Waals surface area contributed by atoms with E-state index in [1.807, 2.05) is 16.7 Å². The third kappa shape index (κ3) is 1.93. The zero-order valence-electron chi connectivity index (χ0n) is 9.95. The Hall–Kier alpha value is -2.36. The van der Waals surface area contributed by atoms with E-state index < -0.39 is 0 Å². The van der Waals surface area contributed by atoms with Gasteiger partial charge in [0.15, 0.2) is 0 Å². The van der Waals surface area contributed by atoms with Crippen LogP contribution >= 0.6 is 0 Å². The highest BCUT2D eigenvalue weighted by Gasteiger charge is 2.07. The zero-order chi connectivity index (χ0) is 12.4. The van der Waals surface area contributed by atoms with Crippen molar-refractivity contribution in [2.24, 2.45) is 0 Å². The summed E-state index contributed by atoms with van der Waals surface area (Å²) in [5.41, 5.74) is 9.13. The van der Waals surface area contributed by atoms with Crippen molar-refractivity contribution in [3.63, 3.8) is 0 Å². The van der Waals surface area contributed by atoms with Crippen molar-refractivity contribution in [2.75, 3.05) is 5.73 Å². The van der Waals surface area contributed by atoms with E-state index in [9.17, 15) is 0 Å². The Morgan fingerprint density at radius 3 is 2.78 bits per heavy atom. The van der Waals surface area contributed by atoms with Crippen LogP contribution in [-0.2, 0) is 13.0 Å². The number of aromatic nitrogens is 3. The van der Waals surface area contributed by atoms with Crippen LogP contribution in [0.5, 0.6) is 0 Å². The standard InChI is InChI=1S/C14H14N4/c15-14-17-12-10-16-8-6-13(12)18(14)9-7-11-4-2-1-3-5-11/h1-6,8,10H,7,9H2,(H2,15,17). The fraction of sp³-hybridized carbons (Fsp3) is 0.143. The Balaban J connectivity index is 1.89. The van der Waals surface area contributed by atoms with E-state index >= 15 is 0 Å². The maximum Gasteiger partial charge on any atom is 0.201 e. The molecule has 0 aliphatic heterocycles. The molecule has 4 nitrogen and oxygen atoms in total. The molecule has 0 atom stereocenters. The molecule has 0 saturated carbocycles. The lowest BCUT2D eigenvalue weighted by Crippen LogP contribution is -2.05. The predicted octanol–water partition coefficient (Wildman–Crippen LogP) is 2.26. The van der Waals surface area contributed by atoms with E-state index in [-0.39, 0.29) is 0 Å². The topological polar surface area (TPSA) is 56.7 Å². The van der Waals surface area contributed by atoms with E-state index in [1.54, 1.807) is 12.4 Å². The summed E-state index contributed by atoms with van der Waals surface area (Å²) in [5, 5.41) is 0. The van der Waals surface area contributed by atoms with Crippen LogP contribution in [0.3, 0.4) is 0 Å². The molecular formula is C14H14N4. The lowest BCUT2D eigenvalue weighted by Gasteiger charge is -2.06. The fourth-order valence-electron chi connectivity index (χ4n) is 2.12. The molecule has 0 unspecified atom stereocenters. The predicted molar refractivity (Wildman–Crippen MR) is 72.1 cm³/mol. The van der Waals surface area contributed by atoms with Gasteiger partial charge in [0.05, 0.1) is 11.7 Å². The minimum atomic E-state index is 0.550. The van der Waals surface area contributed by atoms with Crippen molar-refractivity contribution in [3.05, 3.63) is 54.4 Å². The number of fused-ring (bicyclic) bond motifs is 1. The third-order valence-corrected chi connectivity index (χ3v) is 3.05. The van der Waals surface area contributed by atoms with Gasteiger partial charge in [0.1, 0.15) is 5.52 Å². The number of imidazole rings is 1. The Morgan fingerprint density at radius 2 is 1.94 bits per heavy atom. The second kappa shape index (κ2) is 4.49. The molecule has 0 fully saturated rings. The van der Waals surface area contributed by atoms with Crippen molar-refractivity contribution in [3.8, 4) is 0 Å². The number of aryl methyl sites for hydroxylation is 2. The average molecular weight is 238 g/mol. The van der Waals surface area contributed by atoms with Crippen LogP contribution in [0, 0.1) is 0 Å². The van der Waals surface area contributed by atoms with Crippen LogP contribution in [0.2, 0.25) is 0 Å². The number of benzene rings is 1. The Labute approximate surface area is 105 Å². The van der Waals surface area contributed by atoms with Crippen LogP contribution in [0.1, 0.15) is 5.56 Å². The molecule has 2 N–H and O–H groups in total. The molecule has 2 aromatic heterocycles. The van der Waals surface area contributed by atoms with Crippen molar-refractivity contribution in [1.82, 2.24) is 14.5 Å². The van der Waals surface area contributed by atoms with E-state index in [4.69, 9.17) is 5.73 Å². The average Bonchev–Trinajstić information content (AvgIpc) is 2.73. The van der Waals surface area contributed by atoms with Gasteiger partial charge in [-0.25, -0.2) is 4.98 Å². The van der Waals surface area contributed by atoms with Crippen LogP contribution in [0.25, 0.3) is 11.0 Å². The normalized spacial score (nSPS) is 10.9. The van der Waals surface area contributed by atoms with Gasteiger partial charge < -0.3 is 10.3 Å².